The number of ether oxygens (including phenoxy) is 3. The molecular weight excluding hydrogens is 490 g/mol. The van der Waals surface area contributed by atoms with Crippen molar-refractivity contribution in [3.05, 3.63) is 71.8 Å². The van der Waals surface area contributed by atoms with Crippen LogP contribution in [0.5, 0.6) is 17.2 Å². The number of sulfonamides is 1. The fourth-order valence-corrected chi connectivity index (χ4v) is 5.29. The summed E-state index contributed by atoms with van der Waals surface area (Å²) in [5.41, 5.74) is 2.61. The van der Waals surface area contributed by atoms with E-state index in [0.29, 0.717) is 39.4 Å². The summed E-state index contributed by atoms with van der Waals surface area (Å²) in [4.78, 5) is 13.4. The molecule has 0 aliphatic rings. The van der Waals surface area contributed by atoms with E-state index in [1.54, 1.807) is 48.5 Å². The molecule has 1 amide bonds. The molecule has 1 aromatic heterocycles. The van der Waals surface area contributed by atoms with E-state index in [0.717, 1.165) is 11.7 Å². The van der Waals surface area contributed by atoms with E-state index in [1.165, 1.54) is 33.5 Å². The Hall–Kier alpha value is -3.70. The predicted molar refractivity (Wildman–Crippen MR) is 132 cm³/mol. The summed E-state index contributed by atoms with van der Waals surface area (Å²) in [6.07, 6.45) is 0.163. The molecule has 35 heavy (non-hydrogen) atoms. The second kappa shape index (κ2) is 10.3. The Labute approximate surface area is 207 Å². The van der Waals surface area contributed by atoms with Crippen LogP contribution in [0.1, 0.15) is 17.0 Å². The number of amides is 1. The van der Waals surface area contributed by atoms with Crippen LogP contribution < -0.4 is 18.9 Å². The first kappa shape index (κ1) is 24.4. The molecule has 0 saturated carbocycles. The van der Waals surface area contributed by atoms with E-state index in [9.17, 15) is 13.2 Å². The van der Waals surface area contributed by atoms with Crippen LogP contribution in [0.15, 0.2) is 65.6 Å². The maximum absolute atomic E-state index is 13.4. The van der Waals surface area contributed by atoms with Crippen molar-refractivity contribution in [1.29, 1.82) is 0 Å². The second-order valence-electron chi connectivity index (χ2n) is 7.59. The molecule has 1 unspecified atom stereocenters. The van der Waals surface area contributed by atoms with Crippen LogP contribution in [0, 0.1) is 0 Å². The van der Waals surface area contributed by atoms with Crippen molar-refractivity contribution in [3.63, 3.8) is 0 Å². The molecule has 3 aromatic carbocycles. The molecule has 0 bridgehead atoms. The molecule has 182 valence electrons. The lowest BCUT2D eigenvalue weighted by atomic mass is 9.91. The number of fused-ring (bicyclic) bond motifs is 1. The molecule has 4 aromatic rings. The third-order valence-corrected chi connectivity index (χ3v) is 7.37. The fourth-order valence-electron chi connectivity index (χ4n) is 3.73. The molecule has 1 atom stereocenters. The molecule has 0 aliphatic carbocycles. The van der Waals surface area contributed by atoms with Gasteiger partial charge in [0.25, 0.3) is 10.0 Å². The van der Waals surface area contributed by atoms with Gasteiger partial charge in [-0.1, -0.05) is 24.3 Å². The molecule has 1 heterocycles. The van der Waals surface area contributed by atoms with Crippen LogP contribution in [-0.4, -0.2) is 44.4 Å². The molecule has 0 aliphatic heterocycles. The number of benzene rings is 3. The van der Waals surface area contributed by atoms with Crippen LogP contribution in [-0.2, 0) is 21.2 Å². The number of hydrogen-bond acceptors (Lipinski definition) is 9. The molecule has 11 heteroatoms. The SMILES string of the molecule is COc1cc(CC(C(=O)NS(=O)(=O)c2ccccc2)c2ccc3nsnc3c2)cc(OC)c1OC. The minimum absolute atomic E-state index is 0.000890. The van der Waals surface area contributed by atoms with E-state index < -0.39 is 21.8 Å². The van der Waals surface area contributed by atoms with Crippen LogP contribution in [0.3, 0.4) is 0 Å². The van der Waals surface area contributed by atoms with Gasteiger partial charge in [0.15, 0.2) is 11.5 Å². The molecule has 0 saturated heterocycles. The van der Waals surface area contributed by atoms with Crippen LogP contribution in [0.4, 0.5) is 0 Å². The predicted octanol–water partition coefficient (Wildman–Crippen LogP) is 3.55. The number of carbonyl (C=O) groups is 1. The first-order chi connectivity index (χ1) is 16.9. The summed E-state index contributed by atoms with van der Waals surface area (Å²) in [7, 11) is 0.436. The van der Waals surface area contributed by atoms with Crippen LogP contribution >= 0.6 is 11.7 Å². The zero-order valence-corrected chi connectivity index (χ0v) is 20.9. The van der Waals surface area contributed by atoms with Gasteiger partial charge in [0.2, 0.25) is 11.7 Å². The van der Waals surface area contributed by atoms with E-state index in [1.807, 2.05) is 0 Å². The summed E-state index contributed by atoms with van der Waals surface area (Å²) in [5.74, 6) is -0.261. The Morgan fingerprint density at radius 2 is 1.57 bits per heavy atom. The smallest absolute Gasteiger partial charge is 0.264 e. The molecule has 0 spiro atoms. The van der Waals surface area contributed by atoms with Gasteiger partial charge in [0.05, 0.1) is 43.9 Å². The van der Waals surface area contributed by atoms with Gasteiger partial charge < -0.3 is 14.2 Å². The summed E-state index contributed by atoms with van der Waals surface area (Å²) >= 11 is 1.06. The molecule has 9 nitrogen and oxygen atoms in total. The quantitative estimate of drug-likeness (QED) is 0.361. The van der Waals surface area contributed by atoms with Gasteiger partial charge in [0, 0.05) is 0 Å². The summed E-state index contributed by atoms with van der Waals surface area (Å²) < 4.78 is 52.7. The lowest BCUT2D eigenvalue weighted by Crippen LogP contribution is -2.35. The van der Waals surface area contributed by atoms with E-state index in [2.05, 4.69) is 13.5 Å². The fraction of sp³-hybridized carbons (Fsp3) is 0.208. The van der Waals surface area contributed by atoms with Crippen molar-refractivity contribution >= 4 is 38.7 Å². The van der Waals surface area contributed by atoms with Crippen molar-refractivity contribution in [1.82, 2.24) is 13.5 Å². The number of rotatable bonds is 9. The largest absolute Gasteiger partial charge is 0.493 e. The first-order valence-corrected chi connectivity index (χ1v) is 12.7. The standard InChI is InChI=1S/C24H23N3O6S2/c1-31-21-12-15(13-22(32-2)23(21)33-3)11-18(16-9-10-19-20(14-16)26-34-25-19)24(28)27-35(29,30)17-7-5-4-6-8-17/h4-10,12-14,18H,11H2,1-3H3,(H,27,28). The van der Waals surface area contributed by atoms with Crippen LogP contribution in [0.2, 0.25) is 0 Å². The number of nitrogens with one attached hydrogen (secondary N) is 1. The average molecular weight is 514 g/mol. The van der Waals surface area contributed by atoms with Crippen LogP contribution in [0.25, 0.3) is 11.0 Å². The van der Waals surface area contributed by atoms with Gasteiger partial charge >= 0.3 is 0 Å². The lowest BCUT2D eigenvalue weighted by molar-refractivity contribution is -0.120. The third kappa shape index (κ3) is 5.20. The van der Waals surface area contributed by atoms with Gasteiger partial charge in [0.1, 0.15) is 11.0 Å². The molecule has 4 rings (SSSR count). The third-order valence-electron chi connectivity index (χ3n) is 5.45. The monoisotopic (exact) mass is 513 g/mol. The van der Waals surface area contributed by atoms with Crippen molar-refractivity contribution in [2.24, 2.45) is 0 Å². The highest BCUT2D eigenvalue weighted by atomic mass is 32.2. The summed E-state index contributed by atoms with van der Waals surface area (Å²) in [5, 5.41) is 0. The number of aromatic nitrogens is 2. The summed E-state index contributed by atoms with van der Waals surface area (Å²) in [6, 6.07) is 16.5. The molecule has 0 radical (unpaired) electrons. The van der Waals surface area contributed by atoms with Crippen molar-refractivity contribution < 1.29 is 27.4 Å². The Bertz CT molecular complexity index is 1430. The summed E-state index contributed by atoms with van der Waals surface area (Å²) in [6.45, 7) is 0. The van der Waals surface area contributed by atoms with Gasteiger partial charge in [-0.15, -0.1) is 0 Å². The zero-order chi connectivity index (χ0) is 25.0. The number of hydrogen-bond donors (Lipinski definition) is 1. The van der Waals surface area contributed by atoms with Gasteiger partial charge in [-0.3, -0.25) is 4.79 Å². The second-order valence-corrected chi connectivity index (χ2v) is 9.80. The first-order valence-electron chi connectivity index (χ1n) is 10.5. The van der Waals surface area contributed by atoms with E-state index in [4.69, 9.17) is 14.2 Å². The maximum atomic E-state index is 13.4. The minimum Gasteiger partial charge on any atom is -0.493 e. The molecule has 0 fully saturated rings. The van der Waals surface area contributed by atoms with Gasteiger partial charge in [-0.05, 0) is 53.9 Å². The molecular formula is C24H23N3O6S2. The Balaban J connectivity index is 1.74. The van der Waals surface area contributed by atoms with E-state index >= 15 is 0 Å². The molecule has 1 N–H and O–H groups in total. The highest BCUT2D eigenvalue weighted by Crippen LogP contribution is 2.39. The van der Waals surface area contributed by atoms with Gasteiger partial charge in [-0.2, -0.15) is 8.75 Å². The van der Waals surface area contributed by atoms with E-state index in [-0.39, 0.29) is 11.3 Å². The maximum Gasteiger partial charge on any atom is 0.264 e. The van der Waals surface area contributed by atoms with Crippen molar-refractivity contribution in [3.8, 4) is 17.2 Å². The number of methoxy groups -OCH3 is 3. The zero-order valence-electron chi connectivity index (χ0n) is 19.2. The Morgan fingerprint density at radius 3 is 2.20 bits per heavy atom. The minimum atomic E-state index is -4.07. The highest BCUT2D eigenvalue weighted by Gasteiger charge is 2.28. The number of carbonyl (C=O) groups excluding carboxylic acids is 1. The topological polar surface area (TPSA) is 117 Å². The highest BCUT2D eigenvalue weighted by molar-refractivity contribution is 7.90. The number of nitrogens with zero attached hydrogens (tertiary/aromatic N) is 2. The Kier molecular flexibility index (Phi) is 7.17. The van der Waals surface area contributed by atoms with Crippen molar-refractivity contribution in [2.45, 2.75) is 17.2 Å². The lowest BCUT2D eigenvalue weighted by Gasteiger charge is -2.19. The average Bonchev–Trinajstić information content (AvgIpc) is 3.34. The van der Waals surface area contributed by atoms with Crippen molar-refractivity contribution in [2.75, 3.05) is 21.3 Å². The van der Waals surface area contributed by atoms with Gasteiger partial charge in [-0.25, -0.2) is 13.1 Å². The normalized spacial score (nSPS) is 12.2. The Morgan fingerprint density at radius 1 is 0.914 bits per heavy atom.